The number of hydrogen-bond donors (Lipinski definition) is 0. The lowest BCUT2D eigenvalue weighted by Crippen LogP contribution is -2.27. The summed E-state index contributed by atoms with van der Waals surface area (Å²) in [7, 11) is 1.31. The molecule has 0 aliphatic carbocycles. The Hall–Kier alpha value is -1.58. The molecule has 0 heterocycles. The zero-order chi connectivity index (χ0) is 36.6. The van der Waals surface area contributed by atoms with Crippen LogP contribution >= 0.6 is 0 Å². The van der Waals surface area contributed by atoms with Crippen molar-refractivity contribution >= 4 is 11.9 Å². The lowest BCUT2D eigenvalue weighted by Gasteiger charge is -2.19. The normalized spacial score (nSPS) is 11.7. The fourth-order valence-corrected chi connectivity index (χ4v) is 3.28. The summed E-state index contributed by atoms with van der Waals surface area (Å²) in [6, 6.07) is 0. The van der Waals surface area contributed by atoms with Crippen LogP contribution in [0, 0.1) is 0 Å². The van der Waals surface area contributed by atoms with Crippen molar-refractivity contribution in [2.45, 2.75) is 26.4 Å². The number of carbonyl (C=O) groups excluding carboxylic acids is 2. The van der Waals surface area contributed by atoms with Crippen molar-refractivity contribution in [1.29, 1.82) is 0 Å². The van der Waals surface area contributed by atoms with Gasteiger partial charge < -0.3 is 71.1 Å². The van der Waals surface area contributed by atoms with Gasteiger partial charge in [0, 0.05) is 0 Å². The fraction of sp³-hybridized carbons (Fsp3) is 0.939. The van der Waals surface area contributed by atoms with Gasteiger partial charge in [-0.05, 0) is 20.8 Å². The van der Waals surface area contributed by atoms with Crippen LogP contribution in [0.1, 0.15) is 20.8 Å². The number of carbonyl (C=O) groups is 2. The molecule has 17 heteroatoms. The van der Waals surface area contributed by atoms with Gasteiger partial charge in [0.2, 0.25) is 0 Å². The molecule has 0 aromatic heterocycles. The molecule has 0 amide bonds. The first-order chi connectivity index (χ1) is 24.3. The molecule has 17 nitrogen and oxygen atoms in total. The smallest absolute Gasteiger partial charge is 0.332 e. The molecule has 0 saturated carbocycles. The van der Waals surface area contributed by atoms with Gasteiger partial charge in [0.05, 0.1) is 166 Å². The van der Waals surface area contributed by atoms with Crippen molar-refractivity contribution < 1.29 is 80.6 Å². The molecule has 298 valence electrons. The molecule has 0 unspecified atom stereocenters. The Bertz CT molecular complexity index is 723. The molecule has 0 spiro atoms. The summed E-state index contributed by atoms with van der Waals surface area (Å²) in [4.78, 5) is 22.4. The van der Waals surface area contributed by atoms with E-state index in [0.717, 1.165) is 0 Å². The van der Waals surface area contributed by atoms with Crippen LogP contribution in [-0.4, -0.2) is 196 Å². The largest absolute Gasteiger partial charge is 0.467 e. The maximum absolute atomic E-state index is 11.5. The molecule has 0 aromatic carbocycles. The van der Waals surface area contributed by atoms with Gasteiger partial charge in [-0.3, -0.25) is 0 Å². The Balaban J connectivity index is 3.10. The van der Waals surface area contributed by atoms with Crippen LogP contribution in [0.4, 0.5) is 0 Å². The summed E-state index contributed by atoms with van der Waals surface area (Å²) in [6.07, 6.45) is 0. The highest BCUT2D eigenvalue weighted by Gasteiger charge is 2.15. The second-order valence-electron chi connectivity index (χ2n) is 11.0. The zero-order valence-electron chi connectivity index (χ0n) is 30.8. The molecule has 0 aromatic rings. The van der Waals surface area contributed by atoms with Crippen molar-refractivity contribution in [3.8, 4) is 0 Å². The summed E-state index contributed by atoms with van der Waals surface area (Å²) >= 11 is 0. The molecule has 0 radical (unpaired) electrons. The fourth-order valence-electron chi connectivity index (χ4n) is 3.28. The van der Waals surface area contributed by atoms with E-state index in [1.54, 1.807) is 0 Å². The van der Waals surface area contributed by atoms with Crippen LogP contribution in [0.3, 0.4) is 0 Å². The first kappa shape index (κ1) is 48.4. The topological polar surface area (TPSA) is 173 Å². The second-order valence-corrected chi connectivity index (χ2v) is 11.0. The van der Waals surface area contributed by atoms with Crippen molar-refractivity contribution in [2.24, 2.45) is 0 Å². The van der Waals surface area contributed by atoms with Gasteiger partial charge in [-0.2, -0.15) is 0 Å². The van der Waals surface area contributed by atoms with E-state index in [1.807, 2.05) is 20.8 Å². The predicted molar refractivity (Wildman–Crippen MR) is 179 cm³/mol. The number of ether oxygens (including phenoxy) is 15. The molecule has 0 atom stereocenters. The molecular weight excluding hydrogens is 668 g/mol. The molecule has 50 heavy (non-hydrogen) atoms. The minimum Gasteiger partial charge on any atom is -0.467 e. The predicted octanol–water partition coefficient (Wildman–Crippen LogP) is 0.717. The lowest BCUT2D eigenvalue weighted by atomic mass is 10.2. The Kier molecular flexibility index (Phi) is 37.4. The van der Waals surface area contributed by atoms with E-state index in [2.05, 4.69) is 4.74 Å². The minimum atomic E-state index is -0.516. The van der Waals surface area contributed by atoms with E-state index in [0.29, 0.717) is 159 Å². The number of esters is 2. The molecule has 0 aliphatic rings. The van der Waals surface area contributed by atoms with Crippen LogP contribution < -0.4 is 0 Å². The van der Waals surface area contributed by atoms with Crippen molar-refractivity contribution in [2.75, 3.05) is 179 Å². The Morgan fingerprint density at radius 1 is 0.320 bits per heavy atom. The summed E-state index contributed by atoms with van der Waals surface area (Å²) < 4.78 is 79.6. The maximum Gasteiger partial charge on any atom is 0.332 e. The highest BCUT2D eigenvalue weighted by atomic mass is 16.6. The summed E-state index contributed by atoms with van der Waals surface area (Å²) in [5.74, 6) is -0.803. The number of hydrogen-bond acceptors (Lipinski definition) is 17. The standard InChI is InChI=1S/C33H64O17/c1-33(2,3)50-32(35)30-49-28-26-47-24-22-45-20-18-43-16-14-41-12-10-39-8-6-37-5-7-38-9-11-40-13-15-42-17-19-44-21-23-46-25-27-48-29-31(34)36-4/h5-30H2,1-4H3. The first-order valence-corrected chi connectivity index (χ1v) is 17.1. The van der Waals surface area contributed by atoms with Gasteiger partial charge in [0.1, 0.15) is 18.8 Å². The van der Waals surface area contributed by atoms with Crippen LogP contribution in [0.5, 0.6) is 0 Å². The van der Waals surface area contributed by atoms with E-state index in [1.165, 1.54) is 7.11 Å². The van der Waals surface area contributed by atoms with Gasteiger partial charge in [-0.25, -0.2) is 9.59 Å². The van der Waals surface area contributed by atoms with Crippen LogP contribution in [-0.2, 0) is 80.6 Å². The van der Waals surface area contributed by atoms with Crippen molar-refractivity contribution in [3.05, 3.63) is 0 Å². The summed E-state index contributed by atoms with van der Waals surface area (Å²) in [5, 5.41) is 0. The van der Waals surface area contributed by atoms with E-state index < -0.39 is 17.5 Å². The SMILES string of the molecule is COC(=O)COCCOCCOCCOCCOCCOCCOCCOCCOCCOCCOCCOCCOCC(=O)OC(C)(C)C. The van der Waals surface area contributed by atoms with Crippen LogP contribution in [0.25, 0.3) is 0 Å². The van der Waals surface area contributed by atoms with Gasteiger partial charge in [0.15, 0.2) is 0 Å². The third-order valence-corrected chi connectivity index (χ3v) is 5.55. The van der Waals surface area contributed by atoms with Gasteiger partial charge in [-0.1, -0.05) is 0 Å². The quantitative estimate of drug-likeness (QED) is 0.0637. The van der Waals surface area contributed by atoms with E-state index in [9.17, 15) is 9.59 Å². The summed E-state index contributed by atoms with van der Waals surface area (Å²) in [5.41, 5.74) is -0.516. The highest BCUT2D eigenvalue weighted by molar-refractivity contribution is 5.71. The lowest BCUT2D eigenvalue weighted by molar-refractivity contribution is -0.160. The molecule has 0 rings (SSSR count). The maximum atomic E-state index is 11.5. The first-order valence-electron chi connectivity index (χ1n) is 17.1. The molecule has 0 fully saturated rings. The Morgan fingerprint density at radius 2 is 0.500 bits per heavy atom. The van der Waals surface area contributed by atoms with Crippen molar-refractivity contribution in [3.63, 3.8) is 0 Å². The number of methoxy groups -OCH3 is 1. The van der Waals surface area contributed by atoms with Crippen LogP contribution in [0.15, 0.2) is 0 Å². The minimum absolute atomic E-state index is 0.0755. The molecule has 0 bridgehead atoms. The zero-order valence-corrected chi connectivity index (χ0v) is 30.8. The third-order valence-electron chi connectivity index (χ3n) is 5.55. The van der Waals surface area contributed by atoms with Crippen molar-refractivity contribution in [1.82, 2.24) is 0 Å². The van der Waals surface area contributed by atoms with E-state index in [-0.39, 0.29) is 13.2 Å². The molecule has 0 aliphatic heterocycles. The van der Waals surface area contributed by atoms with Gasteiger partial charge in [0.25, 0.3) is 0 Å². The third kappa shape index (κ3) is 42.6. The van der Waals surface area contributed by atoms with E-state index >= 15 is 0 Å². The molecule has 0 saturated heterocycles. The Morgan fingerprint density at radius 3 is 0.680 bits per heavy atom. The van der Waals surface area contributed by atoms with E-state index in [4.69, 9.17) is 66.3 Å². The average Bonchev–Trinajstić information content (AvgIpc) is 3.08. The number of rotatable bonds is 40. The average molecular weight is 733 g/mol. The van der Waals surface area contributed by atoms with Gasteiger partial charge in [-0.15, -0.1) is 0 Å². The molecule has 0 N–H and O–H groups in total. The second kappa shape index (κ2) is 38.6. The summed E-state index contributed by atoms with van der Waals surface area (Å²) in [6.45, 7) is 16.1. The molecular formula is C33H64O17. The van der Waals surface area contributed by atoms with Crippen LogP contribution in [0.2, 0.25) is 0 Å². The monoisotopic (exact) mass is 732 g/mol. The van der Waals surface area contributed by atoms with Gasteiger partial charge >= 0.3 is 11.9 Å². The Labute approximate surface area is 297 Å². The highest BCUT2D eigenvalue weighted by Crippen LogP contribution is 2.06.